The van der Waals surface area contributed by atoms with Crippen molar-refractivity contribution in [3.63, 3.8) is 0 Å². The third-order valence-electron chi connectivity index (χ3n) is 5.66. The molecule has 2 aromatic carbocycles. The first-order valence-corrected chi connectivity index (χ1v) is 8.62. The Kier molecular flexibility index (Phi) is 4.58. The van der Waals surface area contributed by atoms with Gasteiger partial charge in [0.15, 0.2) is 0 Å². The number of benzene rings is 2. The van der Waals surface area contributed by atoms with E-state index in [0.29, 0.717) is 18.4 Å². The Morgan fingerprint density at radius 3 is 2.62 bits per heavy atom. The van der Waals surface area contributed by atoms with Crippen LogP contribution >= 0.6 is 12.4 Å². The van der Waals surface area contributed by atoms with Gasteiger partial charge in [0.25, 0.3) is 0 Å². The topological polar surface area (TPSA) is 55.1 Å². The zero-order chi connectivity index (χ0) is 16.0. The fraction of sp³-hybridized carbons (Fsp3) is 0.450. The number of hydrogen-bond donors (Lipinski definition) is 2. The lowest BCUT2D eigenvalue weighted by Gasteiger charge is -2.29. The Balaban J connectivity index is 0.00000169. The monoisotopic (exact) mass is 344 g/mol. The average molecular weight is 345 g/mol. The van der Waals surface area contributed by atoms with Crippen molar-refractivity contribution in [2.75, 3.05) is 6.54 Å². The summed E-state index contributed by atoms with van der Waals surface area (Å²) in [4.78, 5) is 12.7. The molecule has 2 aliphatic rings. The van der Waals surface area contributed by atoms with Crippen LogP contribution in [0.3, 0.4) is 0 Å². The van der Waals surface area contributed by atoms with Gasteiger partial charge in [0.05, 0.1) is 5.54 Å². The van der Waals surface area contributed by atoms with E-state index < -0.39 is 0 Å². The van der Waals surface area contributed by atoms with Crippen LogP contribution in [0.15, 0.2) is 42.5 Å². The molecular formula is C20H25ClN2O. The highest BCUT2D eigenvalue weighted by Crippen LogP contribution is 2.50. The number of amides is 1. The molecule has 2 aromatic rings. The number of nitrogens with two attached hydrogens (primary N) is 1. The molecule has 0 heterocycles. The van der Waals surface area contributed by atoms with Gasteiger partial charge in [0.1, 0.15) is 0 Å². The summed E-state index contributed by atoms with van der Waals surface area (Å²) < 4.78 is 0. The second-order valence-electron chi connectivity index (χ2n) is 7.40. The van der Waals surface area contributed by atoms with Crippen molar-refractivity contribution in [2.45, 2.75) is 37.6 Å². The second kappa shape index (κ2) is 6.38. The Hall–Kier alpha value is -1.58. The Morgan fingerprint density at radius 2 is 1.92 bits per heavy atom. The van der Waals surface area contributed by atoms with Crippen LogP contribution in [0.4, 0.5) is 0 Å². The summed E-state index contributed by atoms with van der Waals surface area (Å²) in [5.41, 5.74) is 7.01. The minimum absolute atomic E-state index is 0. The van der Waals surface area contributed by atoms with Crippen molar-refractivity contribution < 1.29 is 4.79 Å². The lowest BCUT2D eigenvalue weighted by atomic mass is 9.95. The van der Waals surface area contributed by atoms with Gasteiger partial charge in [-0.2, -0.15) is 0 Å². The summed E-state index contributed by atoms with van der Waals surface area (Å²) in [6.45, 7) is 2.62. The van der Waals surface area contributed by atoms with Gasteiger partial charge in [-0.1, -0.05) is 42.5 Å². The van der Waals surface area contributed by atoms with Crippen molar-refractivity contribution in [3.8, 4) is 0 Å². The van der Waals surface area contributed by atoms with E-state index in [1.807, 2.05) is 0 Å². The van der Waals surface area contributed by atoms with Crippen molar-refractivity contribution in [1.82, 2.24) is 5.32 Å². The first-order chi connectivity index (χ1) is 11.1. The van der Waals surface area contributed by atoms with Gasteiger partial charge in [-0.15, -0.1) is 12.4 Å². The Labute approximate surface area is 149 Å². The Bertz CT molecular complexity index is 753. The molecule has 0 radical (unpaired) electrons. The first kappa shape index (κ1) is 17.2. The maximum atomic E-state index is 12.7. The van der Waals surface area contributed by atoms with Crippen molar-refractivity contribution in [2.24, 2.45) is 17.6 Å². The van der Waals surface area contributed by atoms with Crippen molar-refractivity contribution in [3.05, 3.63) is 48.0 Å². The number of carbonyl (C=O) groups is 1. The van der Waals surface area contributed by atoms with Gasteiger partial charge in [0.2, 0.25) is 5.91 Å². The SMILES string of the molecule is CC(CN)(NC(=O)C1CC1c1cccc2ccccc12)C1CC1.Cl. The molecule has 3 atom stereocenters. The number of rotatable bonds is 5. The molecule has 4 rings (SSSR count). The van der Waals surface area contributed by atoms with Crippen LogP contribution in [-0.4, -0.2) is 18.0 Å². The summed E-state index contributed by atoms with van der Waals surface area (Å²) in [6, 6.07) is 14.8. The van der Waals surface area contributed by atoms with E-state index in [1.54, 1.807) is 0 Å². The molecule has 1 amide bonds. The van der Waals surface area contributed by atoms with E-state index in [1.165, 1.54) is 29.2 Å². The summed E-state index contributed by atoms with van der Waals surface area (Å²) in [7, 11) is 0. The maximum absolute atomic E-state index is 12.7. The molecule has 2 fully saturated rings. The zero-order valence-electron chi connectivity index (χ0n) is 14.0. The summed E-state index contributed by atoms with van der Waals surface area (Å²) >= 11 is 0. The quantitative estimate of drug-likeness (QED) is 0.870. The van der Waals surface area contributed by atoms with Crippen molar-refractivity contribution in [1.29, 1.82) is 0 Å². The summed E-state index contributed by atoms with van der Waals surface area (Å²) in [5, 5.41) is 5.78. The molecule has 2 aliphatic carbocycles. The van der Waals surface area contributed by atoms with Gasteiger partial charge >= 0.3 is 0 Å². The highest BCUT2D eigenvalue weighted by atomic mass is 35.5. The molecule has 2 saturated carbocycles. The maximum Gasteiger partial charge on any atom is 0.224 e. The van der Waals surface area contributed by atoms with E-state index in [0.717, 1.165) is 6.42 Å². The molecule has 3 N–H and O–H groups in total. The Morgan fingerprint density at radius 1 is 1.21 bits per heavy atom. The minimum Gasteiger partial charge on any atom is -0.349 e. The van der Waals surface area contributed by atoms with Gasteiger partial charge in [-0.3, -0.25) is 4.79 Å². The van der Waals surface area contributed by atoms with Gasteiger partial charge in [0, 0.05) is 12.5 Å². The molecular weight excluding hydrogens is 320 g/mol. The van der Waals surface area contributed by atoms with Crippen LogP contribution in [0, 0.1) is 11.8 Å². The third kappa shape index (κ3) is 3.03. The largest absolute Gasteiger partial charge is 0.349 e. The van der Waals surface area contributed by atoms with E-state index in [4.69, 9.17) is 5.73 Å². The number of hydrogen-bond acceptors (Lipinski definition) is 2. The minimum atomic E-state index is -0.219. The van der Waals surface area contributed by atoms with Crippen LogP contribution in [0.5, 0.6) is 0 Å². The molecule has 4 heteroatoms. The molecule has 3 unspecified atom stereocenters. The molecule has 0 aliphatic heterocycles. The average Bonchev–Trinajstić information content (AvgIpc) is 3.47. The van der Waals surface area contributed by atoms with E-state index in [2.05, 4.69) is 54.7 Å². The fourth-order valence-electron chi connectivity index (χ4n) is 3.82. The second-order valence-corrected chi connectivity index (χ2v) is 7.40. The van der Waals surface area contributed by atoms with Crippen LogP contribution < -0.4 is 11.1 Å². The smallest absolute Gasteiger partial charge is 0.224 e. The molecule has 0 bridgehead atoms. The van der Waals surface area contributed by atoms with Crippen LogP contribution in [0.2, 0.25) is 0 Å². The number of fused-ring (bicyclic) bond motifs is 1. The first-order valence-electron chi connectivity index (χ1n) is 8.62. The van der Waals surface area contributed by atoms with E-state index in [9.17, 15) is 4.79 Å². The highest BCUT2D eigenvalue weighted by Gasteiger charge is 2.48. The van der Waals surface area contributed by atoms with Crippen molar-refractivity contribution >= 4 is 29.1 Å². The molecule has 0 spiro atoms. The van der Waals surface area contributed by atoms with Gasteiger partial charge in [-0.05, 0) is 54.4 Å². The highest BCUT2D eigenvalue weighted by molar-refractivity contribution is 5.89. The lowest BCUT2D eigenvalue weighted by molar-refractivity contribution is -0.124. The molecule has 0 aromatic heterocycles. The summed E-state index contributed by atoms with van der Waals surface area (Å²) in [5.74, 6) is 1.20. The lowest BCUT2D eigenvalue weighted by Crippen LogP contribution is -2.53. The van der Waals surface area contributed by atoms with Gasteiger partial charge < -0.3 is 11.1 Å². The predicted molar refractivity (Wildman–Crippen MR) is 100 cm³/mol. The van der Waals surface area contributed by atoms with Crippen LogP contribution in [0.1, 0.15) is 37.7 Å². The van der Waals surface area contributed by atoms with E-state index in [-0.39, 0.29) is 29.8 Å². The molecule has 0 saturated heterocycles. The fourth-order valence-corrected chi connectivity index (χ4v) is 3.82. The summed E-state index contributed by atoms with van der Waals surface area (Å²) in [6.07, 6.45) is 3.32. The number of carbonyl (C=O) groups excluding carboxylic acids is 1. The normalized spacial score (nSPS) is 24.8. The number of nitrogens with one attached hydrogen (secondary N) is 1. The third-order valence-corrected chi connectivity index (χ3v) is 5.66. The van der Waals surface area contributed by atoms with Crippen LogP contribution in [0.25, 0.3) is 10.8 Å². The standard InChI is InChI=1S/C20H24N2O.ClH/c1-20(12-21,14-9-10-14)22-19(23)18-11-17(18)16-8-4-6-13-5-2-3-7-15(13)16;/h2-8,14,17-18H,9-12,21H2,1H3,(H,22,23);1H. The van der Waals surface area contributed by atoms with E-state index >= 15 is 0 Å². The van der Waals surface area contributed by atoms with Crippen LogP contribution in [-0.2, 0) is 4.79 Å². The molecule has 128 valence electrons. The molecule has 24 heavy (non-hydrogen) atoms. The number of halogens is 1. The molecule has 3 nitrogen and oxygen atoms in total. The zero-order valence-corrected chi connectivity index (χ0v) is 14.8. The predicted octanol–water partition coefficient (Wildman–Crippen LogP) is 3.61. The van der Waals surface area contributed by atoms with Gasteiger partial charge in [-0.25, -0.2) is 0 Å².